The fraction of sp³-hybridized carbons (Fsp3) is 0.375. The lowest BCUT2D eigenvalue weighted by molar-refractivity contribution is 0.192. The number of aliphatic hydroxyl groups is 1. The Labute approximate surface area is 66.2 Å². The predicted octanol–water partition coefficient (Wildman–Crippen LogP) is 0.630. The molecule has 0 saturated heterocycles. The van der Waals surface area contributed by atoms with Crippen LogP contribution in [0.4, 0.5) is 0 Å². The van der Waals surface area contributed by atoms with E-state index in [4.69, 9.17) is 15.1 Å². The van der Waals surface area contributed by atoms with Gasteiger partial charge < -0.3 is 9.84 Å². The summed E-state index contributed by atoms with van der Waals surface area (Å²) in [5, 5.41) is 16.8. The number of hydrogen-bond donors (Lipinski definition) is 1. The van der Waals surface area contributed by atoms with Gasteiger partial charge in [-0.1, -0.05) is 12.2 Å². The van der Waals surface area contributed by atoms with E-state index in [1.807, 2.05) is 0 Å². The molecular weight excluding hydrogens is 142 g/mol. The van der Waals surface area contributed by atoms with E-state index in [-0.39, 0.29) is 0 Å². The van der Waals surface area contributed by atoms with E-state index in [9.17, 15) is 0 Å². The van der Waals surface area contributed by atoms with Crippen LogP contribution in [0, 0.1) is 11.3 Å². The molecule has 1 N–H and O–H groups in total. The minimum absolute atomic E-state index is 0.394. The molecule has 60 valence electrons. The van der Waals surface area contributed by atoms with Crippen LogP contribution in [0.25, 0.3) is 0 Å². The zero-order valence-corrected chi connectivity index (χ0v) is 6.23. The maximum Gasteiger partial charge on any atom is 0.159 e. The molecule has 0 unspecified atom stereocenters. The lowest BCUT2D eigenvalue weighted by Crippen LogP contribution is -1.97. The van der Waals surface area contributed by atoms with Gasteiger partial charge in [0.2, 0.25) is 0 Å². The van der Waals surface area contributed by atoms with Crippen molar-refractivity contribution < 1.29 is 9.84 Å². The fourth-order valence-electron chi connectivity index (χ4n) is 0.447. The Balaban J connectivity index is 3.31. The molecule has 0 aliphatic carbocycles. The maximum atomic E-state index is 8.69. The van der Waals surface area contributed by atoms with Gasteiger partial charge in [0.15, 0.2) is 6.10 Å². The van der Waals surface area contributed by atoms with Crippen molar-refractivity contribution >= 4 is 0 Å². The molecule has 0 aromatic rings. The normalized spacial score (nSPS) is 12.7. The highest BCUT2D eigenvalue weighted by molar-refractivity contribution is 5.00. The fourth-order valence-corrected chi connectivity index (χ4v) is 0.447. The van der Waals surface area contributed by atoms with Crippen LogP contribution in [0.2, 0.25) is 0 Å². The van der Waals surface area contributed by atoms with E-state index in [2.05, 4.69) is 6.58 Å². The van der Waals surface area contributed by atoms with E-state index in [0.717, 1.165) is 0 Å². The predicted molar refractivity (Wildman–Crippen MR) is 41.8 cm³/mol. The summed E-state index contributed by atoms with van der Waals surface area (Å²) >= 11 is 0. The van der Waals surface area contributed by atoms with Crippen molar-refractivity contribution in [3.63, 3.8) is 0 Å². The van der Waals surface area contributed by atoms with Crippen molar-refractivity contribution in [2.45, 2.75) is 6.10 Å². The number of nitriles is 1. The van der Waals surface area contributed by atoms with E-state index in [1.165, 1.54) is 6.08 Å². The van der Waals surface area contributed by atoms with Crippen LogP contribution in [0.15, 0.2) is 24.8 Å². The van der Waals surface area contributed by atoms with Crippen molar-refractivity contribution in [3.05, 3.63) is 24.8 Å². The second-order valence-corrected chi connectivity index (χ2v) is 1.83. The van der Waals surface area contributed by atoms with Gasteiger partial charge in [-0.2, -0.15) is 5.26 Å². The van der Waals surface area contributed by atoms with Gasteiger partial charge in [0, 0.05) is 0 Å². The zero-order chi connectivity index (χ0) is 8.53. The molecule has 0 spiro atoms. The number of nitrogens with zero attached hydrogens (tertiary/aromatic N) is 1. The van der Waals surface area contributed by atoms with Gasteiger partial charge in [0.05, 0.1) is 19.3 Å². The molecule has 3 nitrogen and oxygen atoms in total. The summed E-state index contributed by atoms with van der Waals surface area (Å²) in [4.78, 5) is 0. The number of rotatable bonds is 5. The lowest BCUT2D eigenvalue weighted by atomic mass is 10.3. The van der Waals surface area contributed by atoms with Crippen molar-refractivity contribution in [2.75, 3.05) is 13.2 Å². The lowest BCUT2D eigenvalue weighted by Gasteiger charge is -1.93. The molecular formula is C8H11NO2. The smallest absolute Gasteiger partial charge is 0.159 e. The van der Waals surface area contributed by atoms with Crippen LogP contribution >= 0.6 is 0 Å². The summed E-state index contributed by atoms with van der Waals surface area (Å²) in [6.45, 7) is 4.33. The molecule has 0 saturated carbocycles. The van der Waals surface area contributed by atoms with Crippen LogP contribution in [0.1, 0.15) is 0 Å². The molecule has 0 rings (SSSR count). The Morgan fingerprint density at radius 2 is 2.36 bits per heavy atom. The average molecular weight is 153 g/mol. The van der Waals surface area contributed by atoms with Gasteiger partial charge >= 0.3 is 0 Å². The molecule has 1 atom stereocenters. The second kappa shape index (κ2) is 7.00. The Morgan fingerprint density at radius 3 is 2.91 bits per heavy atom. The Bertz CT molecular complexity index is 169. The van der Waals surface area contributed by atoms with Gasteiger partial charge in [0.1, 0.15) is 0 Å². The minimum atomic E-state index is -1.03. The number of hydrogen-bond acceptors (Lipinski definition) is 3. The highest BCUT2D eigenvalue weighted by atomic mass is 16.5. The molecule has 0 radical (unpaired) electrons. The first-order valence-corrected chi connectivity index (χ1v) is 3.24. The van der Waals surface area contributed by atoms with Crippen molar-refractivity contribution in [1.29, 1.82) is 5.26 Å². The van der Waals surface area contributed by atoms with E-state index in [0.29, 0.717) is 13.2 Å². The molecule has 0 bridgehead atoms. The standard InChI is InChI=1S/C8H11NO2/c1-2-5-11-6-3-4-8(10)7-9/h2-4,8,10H,1,5-6H2/b4-3-/t8-/m0/s1. The quantitative estimate of drug-likeness (QED) is 0.358. The average Bonchev–Trinajstić information content (AvgIpc) is 2.04. The van der Waals surface area contributed by atoms with Gasteiger partial charge in [-0.25, -0.2) is 0 Å². The van der Waals surface area contributed by atoms with E-state index >= 15 is 0 Å². The number of ether oxygens (including phenoxy) is 1. The van der Waals surface area contributed by atoms with Gasteiger partial charge in [0.25, 0.3) is 0 Å². The van der Waals surface area contributed by atoms with Crippen molar-refractivity contribution in [1.82, 2.24) is 0 Å². The molecule has 0 heterocycles. The molecule has 0 aromatic carbocycles. The summed E-state index contributed by atoms with van der Waals surface area (Å²) in [5.41, 5.74) is 0. The topological polar surface area (TPSA) is 53.2 Å². The first-order chi connectivity index (χ1) is 5.31. The van der Waals surface area contributed by atoms with Crippen LogP contribution < -0.4 is 0 Å². The summed E-state index contributed by atoms with van der Waals surface area (Å²) < 4.78 is 4.95. The zero-order valence-electron chi connectivity index (χ0n) is 6.23. The third kappa shape index (κ3) is 6.78. The highest BCUT2D eigenvalue weighted by Crippen LogP contribution is 1.83. The Kier molecular flexibility index (Phi) is 6.30. The maximum absolute atomic E-state index is 8.69. The largest absolute Gasteiger partial charge is 0.374 e. The van der Waals surface area contributed by atoms with Gasteiger partial charge in [-0.3, -0.25) is 0 Å². The molecule has 3 heteroatoms. The monoisotopic (exact) mass is 153 g/mol. The minimum Gasteiger partial charge on any atom is -0.374 e. The second-order valence-electron chi connectivity index (χ2n) is 1.83. The Hall–Kier alpha value is -1.11. The molecule has 0 aliphatic rings. The van der Waals surface area contributed by atoms with Crippen molar-refractivity contribution in [2.24, 2.45) is 0 Å². The van der Waals surface area contributed by atoms with Crippen LogP contribution in [0.3, 0.4) is 0 Å². The highest BCUT2D eigenvalue weighted by Gasteiger charge is 1.90. The van der Waals surface area contributed by atoms with Crippen LogP contribution in [-0.2, 0) is 4.74 Å². The van der Waals surface area contributed by atoms with Gasteiger partial charge in [-0.05, 0) is 6.08 Å². The first kappa shape index (κ1) is 9.89. The van der Waals surface area contributed by atoms with E-state index < -0.39 is 6.10 Å². The molecule has 0 aliphatic heterocycles. The van der Waals surface area contributed by atoms with Crippen molar-refractivity contribution in [3.8, 4) is 6.07 Å². The molecule has 0 amide bonds. The molecule has 0 aromatic heterocycles. The Morgan fingerprint density at radius 1 is 1.64 bits per heavy atom. The summed E-state index contributed by atoms with van der Waals surface area (Å²) in [7, 11) is 0. The summed E-state index contributed by atoms with van der Waals surface area (Å²) in [6, 6.07) is 1.65. The molecule has 0 fully saturated rings. The van der Waals surface area contributed by atoms with Crippen LogP contribution in [0.5, 0.6) is 0 Å². The summed E-state index contributed by atoms with van der Waals surface area (Å²) in [5.74, 6) is 0. The summed E-state index contributed by atoms with van der Waals surface area (Å²) in [6.07, 6.45) is 3.58. The number of aliphatic hydroxyl groups excluding tert-OH is 1. The van der Waals surface area contributed by atoms with E-state index in [1.54, 1.807) is 18.2 Å². The van der Waals surface area contributed by atoms with Crippen LogP contribution in [-0.4, -0.2) is 24.4 Å². The van der Waals surface area contributed by atoms with Gasteiger partial charge in [-0.15, -0.1) is 6.58 Å². The first-order valence-electron chi connectivity index (χ1n) is 3.24. The third-order valence-electron chi connectivity index (χ3n) is 0.900. The third-order valence-corrected chi connectivity index (χ3v) is 0.900. The molecule has 11 heavy (non-hydrogen) atoms. The SMILES string of the molecule is C=CCOC/C=C\[C@H](O)C#N.